The summed E-state index contributed by atoms with van der Waals surface area (Å²) in [4.78, 5) is 30.6. The SMILES string of the molecule is Cc1ccccc1C(=O)N1CCN(c2ccc3c(c2)CC(=O)N3C)CC1. The van der Waals surface area contributed by atoms with Crippen molar-refractivity contribution in [1.82, 2.24) is 4.90 Å². The minimum atomic E-state index is 0.115. The molecular weight excluding hydrogens is 326 g/mol. The molecule has 134 valence electrons. The van der Waals surface area contributed by atoms with Crippen LogP contribution in [-0.2, 0) is 11.2 Å². The number of hydrogen-bond donors (Lipinski definition) is 0. The first-order valence-corrected chi connectivity index (χ1v) is 9.04. The van der Waals surface area contributed by atoms with Crippen LogP contribution in [0.15, 0.2) is 42.5 Å². The molecule has 2 aliphatic rings. The Hall–Kier alpha value is -2.82. The standard InChI is InChI=1S/C21H23N3O2/c1-15-5-3-4-6-18(15)21(26)24-11-9-23(10-12-24)17-7-8-19-16(13-17)14-20(25)22(19)2/h3-8,13H,9-12,14H2,1-2H3. The molecule has 26 heavy (non-hydrogen) atoms. The van der Waals surface area contributed by atoms with Crippen LogP contribution in [0.25, 0.3) is 0 Å². The van der Waals surface area contributed by atoms with Gasteiger partial charge in [-0.05, 0) is 42.3 Å². The predicted octanol–water partition coefficient (Wildman–Crippen LogP) is 2.48. The van der Waals surface area contributed by atoms with Crippen molar-refractivity contribution in [1.29, 1.82) is 0 Å². The van der Waals surface area contributed by atoms with Crippen molar-refractivity contribution in [2.45, 2.75) is 13.3 Å². The molecule has 0 N–H and O–H groups in total. The van der Waals surface area contributed by atoms with E-state index in [1.54, 1.807) is 4.90 Å². The summed E-state index contributed by atoms with van der Waals surface area (Å²) in [6, 6.07) is 14.0. The highest BCUT2D eigenvalue weighted by Gasteiger charge is 2.27. The maximum absolute atomic E-state index is 12.8. The van der Waals surface area contributed by atoms with Crippen LogP contribution in [0, 0.1) is 6.92 Å². The number of fused-ring (bicyclic) bond motifs is 1. The zero-order valence-electron chi connectivity index (χ0n) is 15.2. The molecule has 0 aliphatic carbocycles. The van der Waals surface area contributed by atoms with E-state index in [-0.39, 0.29) is 11.8 Å². The van der Waals surface area contributed by atoms with Gasteiger partial charge in [0.05, 0.1) is 6.42 Å². The topological polar surface area (TPSA) is 43.9 Å². The second-order valence-corrected chi connectivity index (χ2v) is 7.04. The van der Waals surface area contributed by atoms with Gasteiger partial charge in [-0.25, -0.2) is 0 Å². The second kappa shape index (κ2) is 6.48. The highest BCUT2D eigenvalue weighted by Crippen LogP contribution is 2.31. The summed E-state index contributed by atoms with van der Waals surface area (Å²) in [6.07, 6.45) is 0.478. The van der Waals surface area contributed by atoms with Gasteiger partial charge in [0.1, 0.15) is 0 Å². The first-order chi connectivity index (χ1) is 12.5. The van der Waals surface area contributed by atoms with Crippen LogP contribution in [0.5, 0.6) is 0 Å². The van der Waals surface area contributed by atoms with Gasteiger partial charge in [0.25, 0.3) is 5.91 Å². The third-order valence-corrected chi connectivity index (χ3v) is 5.45. The number of nitrogens with zero attached hydrogens (tertiary/aromatic N) is 3. The maximum atomic E-state index is 12.8. The summed E-state index contributed by atoms with van der Waals surface area (Å²) in [7, 11) is 1.82. The van der Waals surface area contributed by atoms with Crippen molar-refractivity contribution in [3.8, 4) is 0 Å². The van der Waals surface area contributed by atoms with Gasteiger partial charge in [0.2, 0.25) is 5.91 Å². The largest absolute Gasteiger partial charge is 0.368 e. The molecule has 1 saturated heterocycles. The van der Waals surface area contributed by atoms with Gasteiger partial charge >= 0.3 is 0 Å². The molecule has 0 saturated carbocycles. The van der Waals surface area contributed by atoms with E-state index in [0.717, 1.165) is 41.2 Å². The molecule has 2 amide bonds. The minimum Gasteiger partial charge on any atom is -0.368 e. The van der Waals surface area contributed by atoms with Crippen LogP contribution in [0.4, 0.5) is 11.4 Å². The lowest BCUT2D eigenvalue weighted by Gasteiger charge is -2.36. The number of benzene rings is 2. The number of rotatable bonds is 2. The van der Waals surface area contributed by atoms with Crippen LogP contribution in [0.3, 0.4) is 0 Å². The summed E-state index contributed by atoms with van der Waals surface area (Å²) in [5, 5.41) is 0. The number of piperazine rings is 1. The highest BCUT2D eigenvalue weighted by atomic mass is 16.2. The summed E-state index contributed by atoms with van der Waals surface area (Å²) in [6.45, 7) is 5.01. The van der Waals surface area contributed by atoms with Gasteiger partial charge in [-0.15, -0.1) is 0 Å². The molecule has 0 unspecified atom stereocenters. The summed E-state index contributed by atoms with van der Waals surface area (Å²) < 4.78 is 0. The Morgan fingerprint density at radius 1 is 1.00 bits per heavy atom. The number of carbonyl (C=O) groups excluding carboxylic acids is 2. The Labute approximate surface area is 153 Å². The normalized spacial score (nSPS) is 16.8. The van der Waals surface area contributed by atoms with Gasteiger partial charge in [-0.2, -0.15) is 0 Å². The quantitative estimate of drug-likeness (QED) is 0.837. The van der Waals surface area contributed by atoms with E-state index < -0.39 is 0 Å². The van der Waals surface area contributed by atoms with E-state index in [4.69, 9.17) is 0 Å². The van der Waals surface area contributed by atoms with Crippen LogP contribution in [0.1, 0.15) is 21.5 Å². The molecule has 4 rings (SSSR count). The lowest BCUT2D eigenvalue weighted by Crippen LogP contribution is -2.49. The van der Waals surface area contributed by atoms with Crippen molar-refractivity contribution in [2.24, 2.45) is 0 Å². The second-order valence-electron chi connectivity index (χ2n) is 7.04. The molecule has 0 radical (unpaired) electrons. The maximum Gasteiger partial charge on any atom is 0.254 e. The van der Waals surface area contributed by atoms with E-state index in [1.807, 2.05) is 49.2 Å². The van der Waals surface area contributed by atoms with Crippen molar-refractivity contribution in [3.63, 3.8) is 0 Å². The molecule has 0 atom stereocenters. The molecule has 0 spiro atoms. The molecule has 1 fully saturated rings. The Bertz CT molecular complexity index is 869. The molecule has 0 bridgehead atoms. The van der Waals surface area contributed by atoms with Gasteiger partial charge in [-0.1, -0.05) is 18.2 Å². The van der Waals surface area contributed by atoms with Crippen LogP contribution in [-0.4, -0.2) is 49.9 Å². The van der Waals surface area contributed by atoms with Crippen LogP contribution in [0.2, 0.25) is 0 Å². The summed E-state index contributed by atoms with van der Waals surface area (Å²) in [5.41, 5.74) is 5.04. The van der Waals surface area contributed by atoms with Gasteiger partial charge in [0, 0.05) is 50.2 Å². The smallest absolute Gasteiger partial charge is 0.254 e. The fourth-order valence-electron chi connectivity index (χ4n) is 3.80. The molecule has 5 nitrogen and oxygen atoms in total. The van der Waals surface area contributed by atoms with E-state index in [2.05, 4.69) is 17.0 Å². The molecule has 2 heterocycles. The zero-order chi connectivity index (χ0) is 18.3. The fraction of sp³-hybridized carbons (Fsp3) is 0.333. The van der Waals surface area contributed by atoms with Crippen molar-refractivity contribution < 1.29 is 9.59 Å². The van der Waals surface area contributed by atoms with Gasteiger partial charge < -0.3 is 14.7 Å². The van der Waals surface area contributed by atoms with Crippen molar-refractivity contribution in [2.75, 3.05) is 43.0 Å². The van der Waals surface area contributed by atoms with E-state index in [0.29, 0.717) is 19.5 Å². The van der Waals surface area contributed by atoms with Crippen molar-refractivity contribution >= 4 is 23.2 Å². The van der Waals surface area contributed by atoms with E-state index in [9.17, 15) is 9.59 Å². The number of amides is 2. The third kappa shape index (κ3) is 2.83. The third-order valence-electron chi connectivity index (χ3n) is 5.45. The first kappa shape index (κ1) is 16.6. The molecule has 2 aromatic carbocycles. The Morgan fingerprint density at radius 3 is 2.46 bits per heavy atom. The highest BCUT2D eigenvalue weighted by molar-refractivity contribution is 6.01. The Kier molecular flexibility index (Phi) is 4.15. The average molecular weight is 349 g/mol. The van der Waals surface area contributed by atoms with Gasteiger partial charge in [0.15, 0.2) is 0 Å². The van der Waals surface area contributed by atoms with E-state index in [1.165, 1.54) is 0 Å². The summed E-state index contributed by atoms with van der Waals surface area (Å²) in [5.74, 6) is 0.259. The first-order valence-electron chi connectivity index (χ1n) is 9.04. The molecule has 5 heteroatoms. The number of anilines is 2. The number of aryl methyl sites for hydroxylation is 1. The average Bonchev–Trinajstić information content (AvgIpc) is 2.95. The predicted molar refractivity (Wildman–Crippen MR) is 103 cm³/mol. The van der Waals surface area contributed by atoms with E-state index >= 15 is 0 Å². The lowest BCUT2D eigenvalue weighted by atomic mass is 10.1. The zero-order valence-corrected chi connectivity index (χ0v) is 15.2. The van der Waals surface area contributed by atoms with Crippen molar-refractivity contribution in [3.05, 3.63) is 59.2 Å². The molecule has 0 aromatic heterocycles. The number of likely N-dealkylation sites (N-methyl/N-ethyl adjacent to an activating group) is 1. The van der Waals surface area contributed by atoms with Gasteiger partial charge in [-0.3, -0.25) is 9.59 Å². The Morgan fingerprint density at radius 2 is 1.73 bits per heavy atom. The Balaban J connectivity index is 1.45. The number of hydrogen-bond acceptors (Lipinski definition) is 3. The minimum absolute atomic E-state index is 0.115. The number of carbonyl (C=O) groups is 2. The molecular formula is C21H23N3O2. The fourth-order valence-corrected chi connectivity index (χ4v) is 3.80. The summed E-state index contributed by atoms with van der Waals surface area (Å²) >= 11 is 0. The van der Waals surface area contributed by atoms with Crippen LogP contribution >= 0.6 is 0 Å². The molecule has 2 aromatic rings. The molecule has 2 aliphatic heterocycles. The lowest BCUT2D eigenvalue weighted by molar-refractivity contribution is -0.117. The van der Waals surface area contributed by atoms with Crippen LogP contribution < -0.4 is 9.80 Å². The monoisotopic (exact) mass is 349 g/mol.